The Labute approximate surface area is 89.3 Å². The van der Waals surface area contributed by atoms with Gasteiger partial charge in [-0.2, -0.15) is 18.4 Å². The van der Waals surface area contributed by atoms with Gasteiger partial charge in [0.25, 0.3) is 0 Å². The van der Waals surface area contributed by atoms with E-state index in [4.69, 9.17) is 11.0 Å². The molecule has 0 bridgehead atoms. The van der Waals surface area contributed by atoms with E-state index in [1.54, 1.807) is 6.07 Å². The number of halogens is 4. The molecule has 0 saturated carbocycles. The Morgan fingerprint density at radius 1 is 1.38 bits per heavy atom. The van der Waals surface area contributed by atoms with E-state index < -0.39 is 23.6 Å². The van der Waals surface area contributed by atoms with Crippen molar-refractivity contribution in [2.75, 3.05) is 0 Å². The molecule has 6 heteroatoms. The van der Waals surface area contributed by atoms with Crippen LogP contribution < -0.4 is 5.73 Å². The van der Waals surface area contributed by atoms with Gasteiger partial charge in [-0.05, 0) is 23.3 Å². The molecule has 0 amide bonds. The minimum absolute atomic E-state index is 0.0914. The van der Waals surface area contributed by atoms with Crippen LogP contribution in [-0.4, -0.2) is 6.18 Å². The first kappa shape index (κ1) is 12.5. The van der Waals surface area contributed by atoms with Crippen LogP contribution in [0.5, 0.6) is 0 Å². The fraction of sp³-hybridized carbons (Fsp3) is 0.300. The van der Waals surface area contributed by atoms with Gasteiger partial charge in [-0.15, -0.1) is 0 Å². The summed E-state index contributed by atoms with van der Waals surface area (Å²) in [5.74, 6) is -0.809. The molecule has 2 N–H and O–H groups in total. The number of hydrogen-bond acceptors (Lipinski definition) is 2. The van der Waals surface area contributed by atoms with E-state index in [0.717, 1.165) is 12.1 Å². The van der Waals surface area contributed by atoms with E-state index in [1.807, 2.05) is 0 Å². The highest BCUT2D eigenvalue weighted by Gasteiger charge is 2.39. The van der Waals surface area contributed by atoms with E-state index in [-0.39, 0.29) is 12.0 Å². The Morgan fingerprint density at radius 3 is 2.50 bits per heavy atom. The molecule has 1 aromatic carbocycles. The van der Waals surface area contributed by atoms with Gasteiger partial charge in [0.05, 0.1) is 12.5 Å². The van der Waals surface area contributed by atoms with Crippen molar-refractivity contribution in [2.45, 2.75) is 18.6 Å². The van der Waals surface area contributed by atoms with Gasteiger partial charge in [0.1, 0.15) is 11.9 Å². The molecule has 0 aliphatic rings. The summed E-state index contributed by atoms with van der Waals surface area (Å²) in [7, 11) is 0. The average Bonchev–Trinajstić information content (AvgIpc) is 2.18. The van der Waals surface area contributed by atoms with Gasteiger partial charge in [0.15, 0.2) is 0 Å². The number of rotatable bonds is 2. The third-order valence-electron chi connectivity index (χ3n) is 2.07. The van der Waals surface area contributed by atoms with Crippen molar-refractivity contribution < 1.29 is 17.6 Å². The standard InChI is InChI=1S/C10H8F4N2/c11-7-2-1-6(3-4-15)8(5-7)9(16)10(12,13)14/h1-2,5,9H,3,16H2/t9-/m1/s1. The summed E-state index contributed by atoms with van der Waals surface area (Å²) in [6.45, 7) is 0. The Bertz CT molecular complexity index is 420. The van der Waals surface area contributed by atoms with Crippen molar-refractivity contribution in [1.29, 1.82) is 5.26 Å². The normalized spacial score (nSPS) is 13.2. The van der Waals surface area contributed by atoms with E-state index in [0.29, 0.717) is 6.07 Å². The molecule has 0 fully saturated rings. The minimum atomic E-state index is -4.65. The number of hydrogen-bond donors (Lipinski definition) is 1. The number of nitrogens with two attached hydrogens (primary N) is 1. The van der Waals surface area contributed by atoms with Crippen molar-refractivity contribution in [3.63, 3.8) is 0 Å². The van der Waals surface area contributed by atoms with Crippen LogP contribution in [-0.2, 0) is 6.42 Å². The summed E-state index contributed by atoms with van der Waals surface area (Å²) < 4.78 is 49.9. The lowest BCUT2D eigenvalue weighted by Gasteiger charge is -2.18. The second kappa shape index (κ2) is 4.49. The fourth-order valence-corrected chi connectivity index (χ4v) is 1.28. The molecular formula is C10H8F4N2. The molecule has 2 nitrogen and oxygen atoms in total. The Balaban J connectivity index is 3.20. The molecule has 0 heterocycles. The summed E-state index contributed by atoms with van der Waals surface area (Å²) in [6, 6.07) is 2.28. The zero-order valence-corrected chi connectivity index (χ0v) is 8.05. The van der Waals surface area contributed by atoms with E-state index >= 15 is 0 Å². The quantitative estimate of drug-likeness (QED) is 0.796. The van der Waals surface area contributed by atoms with Crippen LogP contribution in [0.1, 0.15) is 17.2 Å². The molecule has 16 heavy (non-hydrogen) atoms. The van der Waals surface area contributed by atoms with E-state index in [1.165, 1.54) is 0 Å². The van der Waals surface area contributed by atoms with Crippen molar-refractivity contribution >= 4 is 0 Å². The van der Waals surface area contributed by atoms with Gasteiger partial charge in [-0.1, -0.05) is 6.07 Å². The van der Waals surface area contributed by atoms with Crippen molar-refractivity contribution in [3.8, 4) is 6.07 Å². The SMILES string of the molecule is N#CCc1ccc(F)cc1[C@@H](N)C(F)(F)F. The highest BCUT2D eigenvalue weighted by atomic mass is 19.4. The summed E-state index contributed by atoms with van der Waals surface area (Å²) in [6.07, 6.45) is -4.89. The highest BCUT2D eigenvalue weighted by molar-refractivity contribution is 5.33. The van der Waals surface area contributed by atoms with Crippen LogP contribution in [0.2, 0.25) is 0 Å². The summed E-state index contributed by atoms with van der Waals surface area (Å²) >= 11 is 0. The largest absolute Gasteiger partial charge is 0.407 e. The molecule has 1 rings (SSSR count). The Hall–Kier alpha value is -1.61. The van der Waals surface area contributed by atoms with Crippen LogP contribution in [0, 0.1) is 17.1 Å². The Morgan fingerprint density at radius 2 is 2.00 bits per heavy atom. The zero-order valence-electron chi connectivity index (χ0n) is 8.05. The number of nitriles is 1. The van der Waals surface area contributed by atoms with E-state index in [2.05, 4.69) is 0 Å². The molecule has 0 saturated heterocycles. The van der Waals surface area contributed by atoms with Crippen LogP contribution in [0.3, 0.4) is 0 Å². The van der Waals surface area contributed by atoms with Crippen LogP contribution in [0.25, 0.3) is 0 Å². The number of nitrogens with zero attached hydrogens (tertiary/aromatic N) is 1. The summed E-state index contributed by atoms with van der Waals surface area (Å²) in [5, 5.41) is 8.43. The van der Waals surface area contributed by atoms with Gasteiger partial charge in [-0.25, -0.2) is 4.39 Å². The third kappa shape index (κ3) is 2.70. The van der Waals surface area contributed by atoms with Crippen molar-refractivity contribution in [1.82, 2.24) is 0 Å². The zero-order chi connectivity index (χ0) is 12.3. The fourth-order valence-electron chi connectivity index (χ4n) is 1.28. The topological polar surface area (TPSA) is 49.8 Å². The third-order valence-corrected chi connectivity index (χ3v) is 2.07. The Kier molecular flexibility index (Phi) is 3.50. The maximum atomic E-state index is 12.8. The van der Waals surface area contributed by atoms with Gasteiger partial charge in [-0.3, -0.25) is 0 Å². The molecule has 1 atom stereocenters. The molecule has 0 unspecified atom stereocenters. The van der Waals surface area contributed by atoms with Gasteiger partial charge >= 0.3 is 6.18 Å². The summed E-state index contributed by atoms with van der Waals surface area (Å²) in [4.78, 5) is 0. The number of alkyl halides is 3. The second-order valence-corrected chi connectivity index (χ2v) is 3.20. The predicted molar refractivity (Wildman–Crippen MR) is 48.7 cm³/mol. The van der Waals surface area contributed by atoms with Crippen molar-refractivity contribution in [3.05, 3.63) is 35.1 Å². The first-order chi connectivity index (χ1) is 7.36. The van der Waals surface area contributed by atoms with E-state index in [9.17, 15) is 17.6 Å². The lowest BCUT2D eigenvalue weighted by Crippen LogP contribution is -2.29. The van der Waals surface area contributed by atoms with Gasteiger partial charge in [0.2, 0.25) is 0 Å². The molecule has 1 aromatic rings. The summed E-state index contributed by atoms with van der Waals surface area (Å²) in [5.41, 5.74) is 4.67. The molecule has 86 valence electrons. The monoisotopic (exact) mass is 232 g/mol. The predicted octanol–water partition coefficient (Wildman–Crippen LogP) is 2.45. The molecule has 0 spiro atoms. The molecule has 0 aromatic heterocycles. The van der Waals surface area contributed by atoms with Crippen LogP contribution in [0.15, 0.2) is 18.2 Å². The maximum absolute atomic E-state index is 12.8. The maximum Gasteiger partial charge on any atom is 0.407 e. The molecule has 0 aliphatic carbocycles. The van der Waals surface area contributed by atoms with Crippen molar-refractivity contribution in [2.24, 2.45) is 5.73 Å². The number of benzene rings is 1. The van der Waals surface area contributed by atoms with Gasteiger partial charge in [0, 0.05) is 0 Å². The smallest absolute Gasteiger partial charge is 0.316 e. The minimum Gasteiger partial charge on any atom is -0.316 e. The lowest BCUT2D eigenvalue weighted by atomic mass is 9.98. The first-order valence-electron chi connectivity index (χ1n) is 4.34. The van der Waals surface area contributed by atoms with Gasteiger partial charge < -0.3 is 5.73 Å². The second-order valence-electron chi connectivity index (χ2n) is 3.20. The molecular weight excluding hydrogens is 224 g/mol. The lowest BCUT2D eigenvalue weighted by molar-refractivity contribution is -0.149. The molecule has 0 aliphatic heterocycles. The van der Waals surface area contributed by atoms with Crippen LogP contribution >= 0.6 is 0 Å². The first-order valence-corrected chi connectivity index (χ1v) is 4.34. The highest BCUT2D eigenvalue weighted by Crippen LogP contribution is 2.32. The molecule has 0 radical (unpaired) electrons. The van der Waals surface area contributed by atoms with Crippen LogP contribution in [0.4, 0.5) is 17.6 Å². The average molecular weight is 232 g/mol.